The standard InChI is InChI=1S/C16H14Cl3NO4S/c1-9(24-11-3-5-12(6-4-11)25(2,22)23)16(21)20-15-13(18)7-10(17)8-14(15)19/h3-9H,1-2H3,(H,20,21). The van der Waals surface area contributed by atoms with Gasteiger partial charge in [0.25, 0.3) is 5.91 Å². The summed E-state index contributed by atoms with van der Waals surface area (Å²) >= 11 is 17.9. The number of amides is 1. The second-order valence-corrected chi connectivity index (χ2v) is 8.50. The molecule has 0 fully saturated rings. The van der Waals surface area contributed by atoms with E-state index in [9.17, 15) is 13.2 Å². The highest BCUT2D eigenvalue weighted by Crippen LogP contribution is 2.33. The maximum atomic E-state index is 12.3. The zero-order valence-corrected chi connectivity index (χ0v) is 16.3. The smallest absolute Gasteiger partial charge is 0.265 e. The fourth-order valence-corrected chi connectivity index (χ4v) is 3.45. The molecule has 1 amide bonds. The van der Waals surface area contributed by atoms with Crippen molar-refractivity contribution in [2.45, 2.75) is 17.9 Å². The van der Waals surface area contributed by atoms with Crippen molar-refractivity contribution in [3.05, 3.63) is 51.5 Å². The van der Waals surface area contributed by atoms with Gasteiger partial charge in [0, 0.05) is 11.3 Å². The first-order valence-electron chi connectivity index (χ1n) is 7.00. The van der Waals surface area contributed by atoms with E-state index in [0.29, 0.717) is 10.8 Å². The van der Waals surface area contributed by atoms with Gasteiger partial charge in [-0.3, -0.25) is 4.79 Å². The Balaban J connectivity index is 2.08. The van der Waals surface area contributed by atoms with Gasteiger partial charge >= 0.3 is 0 Å². The minimum absolute atomic E-state index is 0.164. The minimum atomic E-state index is -3.29. The summed E-state index contributed by atoms with van der Waals surface area (Å²) < 4.78 is 28.4. The van der Waals surface area contributed by atoms with Gasteiger partial charge in [-0.2, -0.15) is 0 Å². The van der Waals surface area contributed by atoms with E-state index < -0.39 is 21.8 Å². The van der Waals surface area contributed by atoms with Crippen molar-refractivity contribution in [2.75, 3.05) is 11.6 Å². The summed E-state index contributed by atoms with van der Waals surface area (Å²) in [6.45, 7) is 1.54. The van der Waals surface area contributed by atoms with Crippen LogP contribution in [0.3, 0.4) is 0 Å². The monoisotopic (exact) mass is 421 g/mol. The lowest BCUT2D eigenvalue weighted by Gasteiger charge is -2.16. The zero-order chi connectivity index (χ0) is 18.8. The fourth-order valence-electron chi connectivity index (χ4n) is 1.91. The number of halogens is 3. The zero-order valence-electron chi connectivity index (χ0n) is 13.2. The molecule has 2 aromatic carbocycles. The van der Waals surface area contributed by atoms with Crippen LogP contribution in [0.5, 0.6) is 5.75 Å². The normalized spacial score (nSPS) is 12.5. The third-order valence-electron chi connectivity index (χ3n) is 3.19. The van der Waals surface area contributed by atoms with Crippen molar-refractivity contribution in [1.29, 1.82) is 0 Å². The number of benzene rings is 2. The van der Waals surface area contributed by atoms with Crippen LogP contribution in [0, 0.1) is 0 Å². The van der Waals surface area contributed by atoms with Gasteiger partial charge in [-0.15, -0.1) is 0 Å². The SMILES string of the molecule is CC(Oc1ccc(S(C)(=O)=O)cc1)C(=O)Nc1c(Cl)cc(Cl)cc1Cl. The van der Waals surface area contributed by atoms with E-state index in [0.717, 1.165) is 6.26 Å². The Kier molecular flexibility index (Phi) is 6.21. The summed E-state index contributed by atoms with van der Waals surface area (Å²) in [4.78, 5) is 12.4. The predicted molar refractivity (Wildman–Crippen MR) is 99.7 cm³/mol. The molecule has 9 heteroatoms. The number of nitrogens with one attached hydrogen (secondary N) is 1. The molecule has 25 heavy (non-hydrogen) atoms. The van der Waals surface area contributed by atoms with Gasteiger partial charge in [-0.25, -0.2) is 8.42 Å². The van der Waals surface area contributed by atoms with Gasteiger partial charge in [0.1, 0.15) is 5.75 Å². The number of hydrogen-bond donors (Lipinski definition) is 1. The Morgan fingerprint density at radius 2 is 1.60 bits per heavy atom. The van der Waals surface area contributed by atoms with Crippen molar-refractivity contribution in [3.8, 4) is 5.75 Å². The lowest BCUT2D eigenvalue weighted by atomic mass is 10.3. The van der Waals surface area contributed by atoms with Crippen LogP contribution in [-0.4, -0.2) is 26.7 Å². The molecule has 2 rings (SSSR count). The lowest BCUT2D eigenvalue weighted by Crippen LogP contribution is -2.30. The summed E-state index contributed by atoms with van der Waals surface area (Å²) in [5.74, 6) is -0.123. The molecule has 2 aromatic rings. The topological polar surface area (TPSA) is 72.5 Å². The Morgan fingerprint density at radius 1 is 1.08 bits per heavy atom. The number of hydrogen-bond acceptors (Lipinski definition) is 4. The van der Waals surface area contributed by atoms with Crippen LogP contribution in [-0.2, 0) is 14.6 Å². The quantitative estimate of drug-likeness (QED) is 0.772. The third kappa shape index (κ3) is 5.25. The van der Waals surface area contributed by atoms with Crippen LogP contribution in [0.1, 0.15) is 6.92 Å². The number of rotatable bonds is 5. The summed E-state index contributed by atoms with van der Waals surface area (Å²) in [6, 6.07) is 8.68. The molecule has 0 heterocycles. The molecule has 0 saturated carbocycles. The highest BCUT2D eigenvalue weighted by molar-refractivity contribution is 7.90. The molecule has 134 valence electrons. The first-order valence-corrected chi connectivity index (χ1v) is 10.0. The summed E-state index contributed by atoms with van der Waals surface area (Å²) in [6.07, 6.45) is 0.241. The number of carbonyl (C=O) groups is 1. The van der Waals surface area contributed by atoms with E-state index in [1.807, 2.05) is 0 Å². The van der Waals surface area contributed by atoms with E-state index in [2.05, 4.69) is 5.32 Å². The molecule has 5 nitrogen and oxygen atoms in total. The summed E-state index contributed by atoms with van der Waals surface area (Å²) in [7, 11) is -3.29. The van der Waals surface area contributed by atoms with Crippen molar-refractivity contribution in [1.82, 2.24) is 0 Å². The molecule has 1 atom stereocenters. The van der Waals surface area contributed by atoms with Crippen LogP contribution in [0.4, 0.5) is 5.69 Å². The van der Waals surface area contributed by atoms with Crippen LogP contribution in [0.25, 0.3) is 0 Å². The second kappa shape index (κ2) is 7.83. The van der Waals surface area contributed by atoms with E-state index in [-0.39, 0.29) is 20.6 Å². The Bertz CT molecular complexity index is 875. The van der Waals surface area contributed by atoms with E-state index in [1.165, 1.54) is 43.3 Å². The molecule has 0 bridgehead atoms. The molecular formula is C16H14Cl3NO4S. The van der Waals surface area contributed by atoms with Crippen LogP contribution >= 0.6 is 34.8 Å². The summed E-state index contributed by atoms with van der Waals surface area (Å²) in [5, 5.41) is 3.34. The van der Waals surface area contributed by atoms with Crippen LogP contribution < -0.4 is 10.1 Å². The Labute approximate surface area is 160 Å². The average Bonchev–Trinajstić information content (AvgIpc) is 2.50. The van der Waals surface area contributed by atoms with Gasteiger partial charge in [0.05, 0.1) is 20.6 Å². The van der Waals surface area contributed by atoms with Gasteiger partial charge in [0.2, 0.25) is 0 Å². The van der Waals surface area contributed by atoms with E-state index in [4.69, 9.17) is 39.5 Å². The van der Waals surface area contributed by atoms with Crippen molar-refractivity contribution in [3.63, 3.8) is 0 Å². The summed E-state index contributed by atoms with van der Waals surface area (Å²) in [5.41, 5.74) is 0.237. The van der Waals surface area contributed by atoms with Gasteiger partial charge in [-0.05, 0) is 43.3 Å². The molecular weight excluding hydrogens is 409 g/mol. The lowest BCUT2D eigenvalue weighted by molar-refractivity contribution is -0.122. The van der Waals surface area contributed by atoms with Gasteiger partial charge < -0.3 is 10.1 Å². The molecule has 0 spiro atoms. The fraction of sp³-hybridized carbons (Fsp3) is 0.188. The first kappa shape index (κ1) is 19.8. The Morgan fingerprint density at radius 3 is 2.08 bits per heavy atom. The predicted octanol–water partition coefficient (Wildman–Crippen LogP) is 4.46. The molecule has 0 aromatic heterocycles. The number of sulfone groups is 1. The molecule has 0 aliphatic heterocycles. The van der Waals surface area contributed by atoms with Gasteiger partial charge in [0.15, 0.2) is 15.9 Å². The molecule has 0 aliphatic rings. The number of carbonyl (C=O) groups excluding carboxylic acids is 1. The molecule has 0 saturated heterocycles. The maximum absolute atomic E-state index is 12.3. The van der Waals surface area contributed by atoms with E-state index >= 15 is 0 Å². The van der Waals surface area contributed by atoms with Crippen molar-refractivity contribution < 1.29 is 17.9 Å². The molecule has 0 radical (unpaired) electrons. The Hall–Kier alpha value is -1.47. The third-order valence-corrected chi connectivity index (χ3v) is 5.13. The average molecular weight is 423 g/mol. The van der Waals surface area contributed by atoms with Crippen molar-refractivity contribution in [2.24, 2.45) is 0 Å². The second-order valence-electron chi connectivity index (χ2n) is 5.24. The van der Waals surface area contributed by atoms with Crippen molar-refractivity contribution >= 4 is 56.2 Å². The first-order chi connectivity index (χ1) is 11.6. The molecule has 1 unspecified atom stereocenters. The minimum Gasteiger partial charge on any atom is -0.481 e. The van der Waals surface area contributed by atoms with Gasteiger partial charge in [-0.1, -0.05) is 34.8 Å². The van der Waals surface area contributed by atoms with Crippen LogP contribution in [0.2, 0.25) is 15.1 Å². The molecule has 0 aliphatic carbocycles. The largest absolute Gasteiger partial charge is 0.481 e. The number of anilines is 1. The molecule has 1 N–H and O–H groups in total. The maximum Gasteiger partial charge on any atom is 0.265 e. The number of ether oxygens (including phenoxy) is 1. The van der Waals surface area contributed by atoms with E-state index in [1.54, 1.807) is 0 Å². The highest BCUT2D eigenvalue weighted by atomic mass is 35.5. The highest BCUT2D eigenvalue weighted by Gasteiger charge is 2.18. The van der Waals surface area contributed by atoms with Crippen LogP contribution in [0.15, 0.2) is 41.3 Å².